The quantitative estimate of drug-likeness (QED) is 0.367. The van der Waals surface area contributed by atoms with E-state index in [4.69, 9.17) is 4.74 Å². The number of imide groups is 1. The highest BCUT2D eigenvalue weighted by atomic mass is 32.1. The molecule has 10 heteroatoms. The average Bonchev–Trinajstić information content (AvgIpc) is 3.46. The molecule has 0 fully saturated rings. The minimum absolute atomic E-state index is 0.165. The van der Waals surface area contributed by atoms with Gasteiger partial charge in [0.2, 0.25) is 0 Å². The number of aromatic nitrogens is 1. The number of urea groups is 1. The smallest absolute Gasteiger partial charge is 0.329 e. The van der Waals surface area contributed by atoms with Crippen LogP contribution in [0.25, 0.3) is 10.9 Å². The third-order valence-corrected chi connectivity index (χ3v) is 5.44. The minimum atomic E-state index is -1.02. The van der Waals surface area contributed by atoms with Crippen LogP contribution >= 0.6 is 11.3 Å². The summed E-state index contributed by atoms with van der Waals surface area (Å²) < 4.78 is 5.10. The van der Waals surface area contributed by atoms with Crippen molar-refractivity contribution in [3.8, 4) is 0 Å². The fourth-order valence-corrected chi connectivity index (χ4v) is 3.66. The summed E-state index contributed by atoms with van der Waals surface area (Å²) in [4.78, 5) is 52.3. The molecule has 168 valence electrons. The molecular weight excluding hydrogens is 432 g/mol. The molecule has 0 aliphatic rings. The minimum Gasteiger partial charge on any atom is -0.454 e. The lowest BCUT2D eigenvalue weighted by Gasteiger charge is -2.17. The van der Waals surface area contributed by atoms with Crippen LogP contribution in [0.15, 0.2) is 48.0 Å². The van der Waals surface area contributed by atoms with Crippen molar-refractivity contribution in [1.29, 1.82) is 0 Å². The van der Waals surface area contributed by atoms with Crippen molar-refractivity contribution in [1.82, 2.24) is 20.9 Å². The monoisotopic (exact) mass is 456 g/mol. The van der Waals surface area contributed by atoms with Gasteiger partial charge in [0.1, 0.15) is 6.04 Å². The van der Waals surface area contributed by atoms with Gasteiger partial charge in [0.05, 0.1) is 4.88 Å². The third kappa shape index (κ3) is 6.17. The van der Waals surface area contributed by atoms with E-state index >= 15 is 0 Å². The first kappa shape index (κ1) is 23.0. The van der Waals surface area contributed by atoms with E-state index in [1.165, 1.54) is 11.3 Å². The molecule has 0 unspecified atom stereocenters. The van der Waals surface area contributed by atoms with E-state index in [-0.39, 0.29) is 6.42 Å². The molecule has 4 amide bonds. The summed E-state index contributed by atoms with van der Waals surface area (Å²) >= 11 is 1.25. The van der Waals surface area contributed by atoms with Crippen LogP contribution in [0, 0.1) is 0 Å². The highest BCUT2D eigenvalue weighted by Crippen LogP contribution is 2.20. The van der Waals surface area contributed by atoms with E-state index in [9.17, 15) is 19.2 Å². The first-order chi connectivity index (χ1) is 15.5. The first-order valence-corrected chi connectivity index (χ1v) is 11.0. The fraction of sp³-hybridized carbons (Fsp3) is 0.273. The fourth-order valence-electron chi connectivity index (χ4n) is 3.03. The lowest BCUT2D eigenvalue weighted by Crippen LogP contribution is -2.45. The number of H-pyrrole nitrogens is 1. The topological polar surface area (TPSA) is 129 Å². The predicted octanol–water partition coefficient (Wildman–Crippen LogP) is 2.35. The number of rotatable bonds is 9. The highest BCUT2D eigenvalue weighted by molar-refractivity contribution is 7.12. The van der Waals surface area contributed by atoms with Gasteiger partial charge in [0, 0.05) is 30.1 Å². The van der Waals surface area contributed by atoms with Crippen molar-refractivity contribution in [2.45, 2.75) is 25.8 Å². The number of ether oxygens (including phenoxy) is 1. The number of hydrogen-bond donors (Lipinski definition) is 4. The summed E-state index contributed by atoms with van der Waals surface area (Å²) in [6, 6.07) is 9.29. The lowest BCUT2D eigenvalue weighted by molar-refractivity contribution is -0.150. The summed E-state index contributed by atoms with van der Waals surface area (Å²) in [5.74, 6) is -1.95. The zero-order chi connectivity index (χ0) is 22.9. The Morgan fingerprint density at radius 3 is 2.69 bits per heavy atom. The van der Waals surface area contributed by atoms with Gasteiger partial charge in [-0.3, -0.25) is 14.9 Å². The molecule has 0 aliphatic carbocycles. The Hall–Kier alpha value is -3.66. The van der Waals surface area contributed by atoms with Gasteiger partial charge in [-0.1, -0.05) is 31.2 Å². The molecule has 0 bridgehead atoms. The van der Waals surface area contributed by atoms with Crippen molar-refractivity contribution in [2.75, 3.05) is 13.2 Å². The summed E-state index contributed by atoms with van der Waals surface area (Å²) in [5, 5.41) is 9.94. The maximum absolute atomic E-state index is 12.7. The molecule has 2 aromatic heterocycles. The number of nitrogens with one attached hydrogen (secondary N) is 4. The number of aromatic amines is 1. The van der Waals surface area contributed by atoms with Gasteiger partial charge in [0.25, 0.3) is 11.8 Å². The number of hydrogen-bond acceptors (Lipinski definition) is 6. The van der Waals surface area contributed by atoms with Gasteiger partial charge in [-0.05, 0) is 29.5 Å². The largest absolute Gasteiger partial charge is 0.454 e. The number of esters is 1. The van der Waals surface area contributed by atoms with E-state index < -0.39 is 36.5 Å². The van der Waals surface area contributed by atoms with E-state index in [1.807, 2.05) is 31.2 Å². The van der Waals surface area contributed by atoms with Crippen LogP contribution in [0.1, 0.15) is 28.6 Å². The Morgan fingerprint density at radius 2 is 1.94 bits per heavy atom. The Kier molecular flexibility index (Phi) is 7.98. The van der Waals surface area contributed by atoms with E-state index in [0.717, 1.165) is 22.9 Å². The van der Waals surface area contributed by atoms with Crippen LogP contribution in [-0.4, -0.2) is 48.0 Å². The number of para-hydroxylation sites is 1. The van der Waals surface area contributed by atoms with Gasteiger partial charge in [-0.15, -0.1) is 11.3 Å². The summed E-state index contributed by atoms with van der Waals surface area (Å²) in [6.07, 6.45) is 2.65. The van der Waals surface area contributed by atoms with Crippen molar-refractivity contribution in [3.05, 3.63) is 58.4 Å². The molecular formula is C22H24N4O5S. The molecule has 3 aromatic rings. The van der Waals surface area contributed by atoms with E-state index in [2.05, 4.69) is 20.9 Å². The molecule has 3 rings (SSSR count). The van der Waals surface area contributed by atoms with Crippen LogP contribution in [0.3, 0.4) is 0 Å². The van der Waals surface area contributed by atoms with Gasteiger partial charge in [-0.2, -0.15) is 0 Å². The Morgan fingerprint density at radius 1 is 1.12 bits per heavy atom. The van der Waals surface area contributed by atoms with Gasteiger partial charge >= 0.3 is 12.0 Å². The van der Waals surface area contributed by atoms with Crippen LogP contribution < -0.4 is 16.0 Å². The summed E-state index contributed by atoms with van der Waals surface area (Å²) in [6.45, 7) is 1.65. The van der Waals surface area contributed by atoms with E-state index in [1.54, 1.807) is 23.7 Å². The summed E-state index contributed by atoms with van der Waals surface area (Å²) in [5.41, 5.74) is 1.72. The molecule has 0 saturated heterocycles. The number of fused-ring (bicyclic) bond motifs is 1. The van der Waals surface area contributed by atoms with Crippen LogP contribution in [0.2, 0.25) is 0 Å². The van der Waals surface area contributed by atoms with Crippen molar-refractivity contribution in [2.24, 2.45) is 0 Å². The van der Waals surface area contributed by atoms with Crippen LogP contribution in [-0.2, 0) is 20.7 Å². The zero-order valence-electron chi connectivity index (χ0n) is 17.5. The molecule has 1 aromatic carbocycles. The van der Waals surface area contributed by atoms with Crippen molar-refractivity contribution >= 4 is 46.1 Å². The van der Waals surface area contributed by atoms with Gasteiger partial charge < -0.3 is 20.4 Å². The number of thiophene rings is 1. The zero-order valence-corrected chi connectivity index (χ0v) is 18.3. The van der Waals surface area contributed by atoms with Gasteiger partial charge in [0.15, 0.2) is 6.61 Å². The normalized spacial score (nSPS) is 11.5. The van der Waals surface area contributed by atoms with Crippen molar-refractivity contribution in [3.63, 3.8) is 0 Å². The molecule has 2 heterocycles. The molecule has 1 atom stereocenters. The number of carbonyl (C=O) groups is 4. The molecule has 0 saturated carbocycles. The third-order valence-electron chi connectivity index (χ3n) is 4.57. The standard InChI is InChI=1S/C22H24N4O5S/c1-2-9-23-22(30)26-19(27)13-31-21(29)17(25-20(28)18-8-5-10-32-18)11-14-12-24-16-7-4-3-6-15(14)16/h3-8,10,12,17,24H,2,9,11,13H2,1H3,(H,25,28)(H2,23,26,27,30)/t17-/m1/s1. The second-order valence-electron chi connectivity index (χ2n) is 6.98. The van der Waals surface area contributed by atoms with Crippen molar-refractivity contribution < 1.29 is 23.9 Å². The van der Waals surface area contributed by atoms with Crippen LogP contribution in [0.4, 0.5) is 4.79 Å². The molecule has 0 aliphatic heterocycles. The SMILES string of the molecule is CCCNC(=O)NC(=O)COC(=O)[C@@H](Cc1c[nH]c2ccccc12)NC(=O)c1cccs1. The first-order valence-electron chi connectivity index (χ1n) is 10.1. The Bertz CT molecular complexity index is 1090. The lowest BCUT2D eigenvalue weighted by atomic mass is 10.0. The molecule has 4 N–H and O–H groups in total. The van der Waals surface area contributed by atoms with Crippen LogP contribution in [0.5, 0.6) is 0 Å². The molecule has 0 radical (unpaired) electrons. The second kappa shape index (κ2) is 11.1. The Balaban J connectivity index is 1.67. The Labute approximate surface area is 188 Å². The van der Waals surface area contributed by atoms with Gasteiger partial charge in [-0.25, -0.2) is 9.59 Å². The number of carbonyl (C=O) groups excluding carboxylic acids is 4. The number of amides is 4. The maximum atomic E-state index is 12.7. The molecule has 9 nitrogen and oxygen atoms in total. The number of benzene rings is 1. The molecule has 0 spiro atoms. The summed E-state index contributed by atoms with van der Waals surface area (Å²) in [7, 11) is 0. The highest BCUT2D eigenvalue weighted by Gasteiger charge is 2.26. The second-order valence-corrected chi connectivity index (χ2v) is 7.93. The van der Waals surface area contributed by atoms with E-state index in [0.29, 0.717) is 11.4 Å². The average molecular weight is 457 g/mol. The maximum Gasteiger partial charge on any atom is 0.329 e. The molecule has 32 heavy (non-hydrogen) atoms. The predicted molar refractivity (Wildman–Crippen MR) is 120 cm³/mol.